The molecule has 0 spiro atoms. The molecular weight excluding hydrogens is 202 g/mol. The second-order valence-corrected chi connectivity index (χ2v) is 4.79. The topological polar surface area (TPSA) is 12.0 Å². The third kappa shape index (κ3) is 2.46. The Morgan fingerprint density at radius 1 is 1.13 bits per heavy atom. The van der Waals surface area contributed by atoms with Gasteiger partial charge in [-0.25, -0.2) is 0 Å². The van der Waals surface area contributed by atoms with Crippen molar-refractivity contribution in [3.63, 3.8) is 0 Å². The van der Waals surface area contributed by atoms with Crippen molar-refractivity contribution in [2.75, 3.05) is 7.05 Å². The molecule has 1 N–H and O–H groups in total. The van der Waals surface area contributed by atoms with Crippen LogP contribution in [0.1, 0.15) is 10.4 Å². The van der Waals surface area contributed by atoms with Crippen molar-refractivity contribution in [3.05, 3.63) is 46.2 Å². The average molecular weight is 217 g/mol. The van der Waals surface area contributed by atoms with Gasteiger partial charge >= 0.3 is 0 Å². The number of hydrogen-bond acceptors (Lipinski definition) is 2. The molecule has 0 saturated heterocycles. The summed E-state index contributed by atoms with van der Waals surface area (Å²) in [6.07, 6.45) is 0. The van der Waals surface area contributed by atoms with E-state index in [4.69, 9.17) is 0 Å². The zero-order valence-corrected chi connectivity index (χ0v) is 9.90. The van der Waals surface area contributed by atoms with Gasteiger partial charge in [0, 0.05) is 11.4 Å². The molecule has 0 aliphatic heterocycles. The Balaban J connectivity index is 2.23. The second-order valence-electron chi connectivity index (χ2n) is 3.67. The Labute approximate surface area is 94.8 Å². The summed E-state index contributed by atoms with van der Waals surface area (Å²) < 4.78 is 0. The van der Waals surface area contributed by atoms with Crippen LogP contribution in [0.15, 0.2) is 35.7 Å². The molecule has 1 aromatic carbocycles. The van der Waals surface area contributed by atoms with E-state index < -0.39 is 0 Å². The summed E-state index contributed by atoms with van der Waals surface area (Å²) in [6.45, 7) is 3.08. The minimum Gasteiger partial charge on any atom is -0.316 e. The standard InChI is InChI=1S/C13H15NS/c1-10-7-13(9-15-10)12-5-3-11(4-6-12)8-14-2/h3-7,9,14H,8H2,1-2H3. The molecule has 0 unspecified atom stereocenters. The monoisotopic (exact) mass is 217 g/mol. The van der Waals surface area contributed by atoms with Crippen LogP contribution in [0.2, 0.25) is 0 Å². The Bertz CT molecular complexity index is 428. The Morgan fingerprint density at radius 2 is 1.87 bits per heavy atom. The van der Waals surface area contributed by atoms with Crippen LogP contribution in [-0.2, 0) is 6.54 Å². The van der Waals surface area contributed by atoms with Gasteiger partial charge in [0.25, 0.3) is 0 Å². The van der Waals surface area contributed by atoms with Crippen LogP contribution in [0.25, 0.3) is 11.1 Å². The SMILES string of the molecule is CNCc1ccc(-c2csc(C)c2)cc1. The molecule has 0 saturated carbocycles. The maximum absolute atomic E-state index is 3.15. The third-order valence-electron chi connectivity index (χ3n) is 2.40. The summed E-state index contributed by atoms with van der Waals surface area (Å²) in [4.78, 5) is 1.37. The van der Waals surface area contributed by atoms with Gasteiger partial charge in [0.15, 0.2) is 0 Å². The zero-order chi connectivity index (χ0) is 10.7. The summed E-state index contributed by atoms with van der Waals surface area (Å²) in [5.41, 5.74) is 3.96. The predicted octanol–water partition coefficient (Wildman–Crippen LogP) is 3.44. The molecule has 2 heteroatoms. The van der Waals surface area contributed by atoms with Gasteiger partial charge in [0.1, 0.15) is 0 Å². The lowest BCUT2D eigenvalue weighted by molar-refractivity contribution is 0.818. The van der Waals surface area contributed by atoms with E-state index in [1.807, 2.05) is 7.05 Å². The molecule has 0 radical (unpaired) electrons. The van der Waals surface area contributed by atoms with E-state index in [0.717, 1.165) is 6.54 Å². The molecule has 0 aliphatic rings. The van der Waals surface area contributed by atoms with Crippen molar-refractivity contribution < 1.29 is 0 Å². The highest BCUT2D eigenvalue weighted by atomic mass is 32.1. The van der Waals surface area contributed by atoms with E-state index in [2.05, 4.69) is 48.0 Å². The van der Waals surface area contributed by atoms with E-state index in [9.17, 15) is 0 Å². The fourth-order valence-corrected chi connectivity index (χ4v) is 2.33. The van der Waals surface area contributed by atoms with Crippen LogP contribution < -0.4 is 5.32 Å². The highest BCUT2D eigenvalue weighted by Gasteiger charge is 1.99. The molecule has 1 nitrogen and oxygen atoms in total. The Kier molecular flexibility index (Phi) is 3.19. The molecule has 15 heavy (non-hydrogen) atoms. The number of benzene rings is 1. The summed E-state index contributed by atoms with van der Waals surface area (Å²) in [5, 5.41) is 5.36. The van der Waals surface area contributed by atoms with Crippen LogP contribution in [0.4, 0.5) is 0 Å². The highest BCUT2D eigenvalue weighted by Crippen LogP contribution is 2.25. The van der Waals surface area contributed by atoms with Crippen LogP contribution in [0.3, 0.4) is 0 Å². The van der Waals surface area contributed by atoms with Crippen molar-refractivity contribution in [2.24, 2.45) is 0 Å². The van der Waals surface area contributed by atoms with Gasteiger partial charge in [0.05, 0.1) is 0 Å². The third-order valence-corrected chi connectivity index (χ3v) is 3.26. The first kappa shape index (κ1) is 10.4. The van der Waals surface area contributed by atoms with Gasteiger partial charge in [0.2, 0.25) is 0 Å². The lowest BCUT2D eigenvalue weighted by Crippen LogP contribution is -2.04. The summed E-state index contributed by atoms with van der Waals surface area (Å²) in [5.74, 6) is 0. The normalized spacial score (nSPS) is 10.5. The van der Waals surface area contributed by atoms with Crippen LogP contribution in [0.5, 0.6) is 0 Å². The minimum atomic E-state index is 0.933. The van der Waals surface area contributed by atoms with Crippen molar-refractivity contribution in [1.29, 1.82) is 0 Å². The number of rotatable bonds is 3. The predicted molar refractivity (Wildman–Crippen MR) is 67.3 cm³/mol. The average Bonchev–Trinajstić information content (AvgIpc) is 2.67. The van der Waals surface area contributed by atoms with Crippen molar-refractivity contribution >= 4 is 11.3 Å². The molecule has 2 aromatic rings. The molecule has 2 rings (SSSR count). The van der Waals surface area contributed by atoms with E-state index in [-0.39, 0.29) is 0 Å². The molecule has 0 amide bonds. The van der Waals surface area contributed by atoms with Crippen LogP contribution >= 0.6 is 11.3 Å². The molecule has 78 valence electrons. The minimum absolute atomic E-state index is 0.933. The largest absolute Gasteiger partial charge is 0.316 e. The first-order chi connectivity index (χ1) is 7.29. The number of thiophene rings is 1. The second kappa shape index (κ2) is 4.60. The first-order valence-corrected chi connectivity index (χ1v) is 5.96. The molecule has 0 aliphatic carbocycles. The lowest BCUT2D eigenvalue weighted by atomic mass is 10.1. The smallest absolute Gasteiger partial charge is 0.0202 e. The maximum Gasteiger partial charge on any atom is 0.0202 e. The van der Waals surface area contributed by atoms with Gasteiger partial charge < -0.3 is 5.32 Å². The first-order valence-electron chi connectivity index (χ1n) is 5.08. The van der Waals surface area contributed by atoms with E-state index in [0.29, 0.717) is 0 Å². The maximum atomic E-state index is 3.15. The number of aryl methyl sites for hydroxylation is 1. The van der Waals surface area contributed by atoms with Crippen molar-refractivity contribution in [2.45, 2.75) is 13.5 Å². The molecule has 1 heterocycles. The van der Waals surface area contributed by atoms with Gasteiger partial charge in [-0.15, -0.1) is 11.3 Å². The van der Waals surface area contributed by atoms with Crippen molar-refractivity contribution in [3.8, 4) is 11.1 Å². The van der Waals surface area contributed by atoms with E-state index in [1.54, 1.807) is 11.3 Å². The fourth-order valence-electron chi connectivity index (χ4n) is 1.61. The lowest BCUT2D eigenvalue weighted by Gasteiger charge is -2.01. The Morgan fingerprint density at radius 3 is 2.40 bits per heavy atom. The highest BCUT2D eigenvalue weighted by molar-refractivity contribution is 7.10. The van der Waals surface area contributed by atoms with Crippen LogP contribution in [-0.4, -0.2) is 7.05 Å². The molecule has 0 fully saturated rings. The van der Waals surface area contributed by atoms with Gasteiger partial charge in [-0.2, -0.15) is 0 Å². The molecule has 1 aromatic heterocycles. The Hall–Kier alpha value is -1.12. The molecule has 0 atom stereocenters. The number of hydrogen-bond donors (Lipinski definition) is 1. The fraction of sp³-hybridized carbons (Fsp3) is 0.231. The quantitative estimate of drug-likeness (QED) is 0.830. The summed E-state index contributed by atoms with van der Waals surface area (Å²) >= 11 is 1.80. The summed E-state index contributed by atoms with van der Waals surface area (Å²) in [7, 11) is 1.97. The summed E-state index contributed by atoms with van der Waals surface area (Å²) in [6, 6.07) is 11.0. The zero-order valence-electron chi connectivity index (χ0n) is 9.08. The van der Waals surface area contributed by atoms with Crippen molar-refractivity contribution in [1.82, 2.24) is 5.32 Å². The molecular formula is C13H15NS. The number of nitrogens with one attached hydrogen (secondary N) is 1. The van der Waals surface area contributed by atoms with Gasteiger partial charge in [-0.1, -0.05) is 24.3 Å². The molecule has 0 bridgehead atoms. The van der Waals surface area contributed by atoms with E-state index in [1.165, 1.54) is 21.6 Å². The van der Waals surface area contributed by atoms with Gasteiger partial charge in [-0.05, 0) is 42.1 Å². The van der Waals surface area contributed by atoms with E-state index >= 15 is 0 Å². The van der Waals surface area contributed by atoms with Gasteiger partial charge in [-0.3, -0.25) is 0 Å². The van der Waals surface area contributed by atoms with Crippen LogP contribution in [0, 0.1) is 6.92 Å².